The summed E-state index contributed by atoms with van der Waals surface area (Å²) in [5, 5.41) is 1.89. The van der Waals surface area contributed by atoms with Gasteiger partial charge in [-0.15, -0.1) is 35.9 Å². The second-order valence-corrected chi connectivity index (χ2v) is 16.3. The van der Waals surface area contributed by atoms with Crippen LogP contribution in [0.1, 0.15) is 56.2 Å². The zero-order valence-corrected chi connectivity index (χ0v) is 38.1. The number of benzene rings is 7. The fourth-order valence-corrected chi connectivity index (χ4v) is 8.33. The van der Waals surface area contributed by atoms with Crippen LogP contribution in [0.4, 0.5) is 0 Å². The van der Waals surface area contributed by atoms with E-state index in [0.29, 0.717) is 17.1 Å². The molecule has 0 fully saturated rings. The molecular formula is C56H44IrN4O2-2. The SMILES string of the molecule is Cc1ccc2c(c1)oc1c(-c3nc4ccccc4n3-c3c(C(C)C)cc(-c4ccccc4)cc3C(C)C)[c-]c3oc(-c4ccccc4)nc3c12.[Ir].[c-]1ccccc1-c1ccccn1. The molecule has 0 aliphatic rings. The molecule has 311 valence electrons. The fourth-order valence-electron chi connectivity index (χ4n) is 8.33. The van der Waals surface area contributed by atoms with E-state index in [-0.39, 0.29) is 31.9 Å². The maximum Gasteiger partial charge on any atom is 0.215 e. The van der Waals surface area contributed by atoms with E-state index in [1.54, 1.807) is 6.20 Å². The van der Waals surface area contributed by atoms with Crippen molar-refractivity contribution in [3.63, 3.8) is 0 Å². The summed E-state index contributed by atoms with van der Waals surface area (Å²) in [6.45, 7) is 11.2. The molecule has 63 heavy (non-hydrogen) atoms. The topological polar surface area (TPSA) is 69.9 Å². The van der Waals surface area contributed by atoms with Gasteiger partial charge in [0.1, 0.15) is 5.58 Å². The Morgan fingerprint density at radius 3 is 2.00 bits per heavy atom. The van der Waals surface area contributed by atoms with Crippen LogP contribution in [0.5, 0.6) is 0 Å². The summed E-state index contributed by atoms with van der Waals surface area (Å²) in [6, 6.07) is 60.5. The smallest absolute Gasteiger partial charge is 0.215 e. The van der Waals surface area contributed by atoms with E-state index >= 15 is 0 Å². The van der Waals surface area contributed by atoms with Crippen molar-refractivity contribution in [3.05, 3.63) is 193 Å². The Morgan fingerprint density at radius 1 is 0.635 bits per heavy atom. The van der Waals surface area contributed by atoms with Crippen LogP contribution >= 0.6 is 0 Å². The van der Waals surface area contributed by atoms with Crippen molar-refractivity contribution in [2.24, 2.45) is 0 Å². The largest absolute Gasteiger partial charge is 0.500 e. The average molecular weight is 997 g/mol. The van der Waals surface area contributed by atoms with Crippen LogP contribution in [-0.2, 0) is 20.1 Å². The van der Waals surface area contributed by atoms with Crippen LogP contribution in [0.25, 0.3) is 95.0 Å². The Kier molecular flexibility index (Phi) is 11.5. The van der Waals surface area contributed by atoms with Crippen molar-refractivity contribution in [2.75, 3.05) is 0 Å². The third kappa shape index (κ3) is 7.80. The minimum atomic E-state index is 0. The Labute approximate surface area is 380 Å². The van der Waals surface area contributed by atoms with Crippen LogP contribution in [0.3, 0.4) is 0 Å². The van der Waals surface area contributed by atoms with E-state index in [2.05, 4.69) is 135 Å². The van der Waals surface area contributed by atoms with Gasteiger partial charge in [0.25, 0.3) is 0 Å². The summed E-state index contributed by atoms with van der Waals surface area (Å²) in [5.74, 6) is 1.78. The predicted octanol–water partition coefficient (Wildman–Crippen LogP) is 15.0. The summed E-state index contributed by atoms with van der Waals surface area (Å²) < 4.78 is 15.7. The molecule has 11 rings (SSSR count). The van der Waals surface area contributed by atoms with Gasteiger partial charge < -0.3 is 18.4 Å². The molecule has 0 amide bonds. The van der Waals surface area contributed by atoms with Gasteiger partial charge in [-0.05, 0) is 106 Å². The van der Waals surface area contributed by atoms with Gasteiger partial charge in [0.05, 0.1) is 28.0 Å². The Bertz CT molecular complexity index is 3290. The van der Waals surface area contributed by atoms with Crippen molar-refractivity contribution < 1.29 is 28.9 Å². The van der Waals surface area contributed by atoms with E-state index in [4.69, 9.17) is 18.8 Å². The van der Waals surface area contributed by atoms with Crippen molar-refractivity contribution >= 4 is 44.1 Å². The van der Waals surface area contributed by atoms with E-state index in [9.17, 15) is 0 Å². The molecule has 4 aromatic heterocycles. The quantitative estimate of drug-likeness (QED) is 0.149. The molecule has 4 heterocycles. The van der Waals surface area contributed by atoms with E-state index in [0.717, 1.165) is 72.4 Å². The first-order chi connectivity index (χ1) is 30.3. The molecule has 0 N–H and O–H groups in total. The number of rotatable bonds is 7. The first kappa shape index (κ1) is 41.4. The van der Waals surface area contributed by atoms with Gasteiger partial charge in [0, 0.05) is 48.5 Å². The number of aromatic nitrogens is 4. The molecule has 0 atom stereocenters. The number of imidazole rings is 1. The number of pyridine rings is 1. The first-order valence-corrected chi connectivity index (χ1v) is 21.2. The van der Waals surface area contributed by atoms with Gasteiger partial charge in [-0.2, -0.15) is 0 Å². The van der Waals surface area contributed by atoms with Gasteiger partial charge >= 0.3 is 0 Å². The van der Waals surface area contributed by atoms with Crippen LogP contribution in [0.2, 0.25) is 0 Å². The normalized spacial score (nSPS) is 11.4. The number of oxazole rings is 1. The molecule has 0 bridgehead atoms. The van der Waals surface area contributed by atoms with Gasteiger partial charge in [-0.25, -0.2) is 0 Å². The molecule has 0 saturated heterocycles. The van der Waals surface area contributed by atoms with Gasteiger partial charge in [0.2, 0.25) is 5.89 Å². The molecular weight excluding hydrogens is 953 g/mol. The monoisotopic (exact) mass is 997 g/mol. The van der Waals surface area contributed by atoms with Crippen molar-refractivity contribution in [1.29, 1.82) is 0 Å². The summed E-state index contributed by atoms with van der Waals surface area (Å²) in [5.41, 5.74) is 15.6. The van der Waals surface area contributed by atoms with Gasteiger partial charge in [-0.3, -0.25) is 9.97 Å². The standard InChI is InChI=1S/C45H36N3O2.C11H8N.Ir/c1-26(2)33-23-31(29-14-8-6-9-15-29)24-34(27(3)4)42(33)48-37-19-13-12-18-36(37)46-44(48)35-25-39-41(47-45(50-39)30-16-10-7-11-17-30)40-32-21-20-28(5)22-38(32)49-43(35)40;1-2-6-10(7-3-1)11-8-4-5-9-12-11;/h6-24,26-27H,1-5H3;1-6,8-9H;/q2*-1;. The minimum Gasteiger partial charge on any atom is -0.500 e. The van der Waals surface area contributed by atoms with Crippen LogP contribution < -0.4 is 0 Å². The number of para-hydroxylation sites is 2. The maximum atomic E-state index is 6.79. The Balaban J connectivity index is 0.000000335. The molecule has 7 heteroatoms. The number of furan rings is 1. The Hall–Kier alpha value is -6.92. The minimum absolute atomic E-state index is 0. The van der Waals surface area contributed by atoms with E-state index in [1.807, 2.05) is 78.9 Å². The third-order valence-corrected chi connectivity index (χ3v) is 11.4. The van der Waals surface area contributed by atoms with Crippen LogP contribution in [-0.4, -0.2) is 19.5 Å². The van der Waals surface area contributed by atoms with Crippen LogP contribution in [0.15, 0.2) is 173 Å². The number of aryl methyl sites for hydroxylation is 1. The Morgan fingerprint density at radius 2 is 1.32 bits per heavy atom. The summed E-state index contributed by atoms with van der Waals surface area (Å²) in [7, 11) is 0. The van der Waals surface area contributed by atoms with E-state index in [1.165, 1.54) is 22.3 Å². The molecule has 0 spiro atoms. The van der Waals surface area contributed by atoms with Gasteiger partial charge in [0.15, 0.2) is 0 Å². The average Bonchev–Trinajstić information content (AvgIpc) is 4.03. The predicted molar refractivity (Wildman–Crippen MR) is 252 cm³/mol. The zero-order chi connectivity index (χ0) is 42.3. The third-order valence-electron chi connectivity index (χ3n) is 11.4. The fraction of sp³-hybridized carbons (Fsp3) is 0.125. The molecule has 0 aliphatic carbocycles. The number of fused-ring (bicyclic) bond motifs is 6. The van der Waals surface area contributed by atoms with Crippen molar-refractivity contribution in [3.8, 4) is 50.9 Å². The summed E-state index contributed by atoms with van der Waals surface area (Å²) in [4.78, 5) is 14.6. The van der Waals surface area contributed by atoms with Crippen molar-refractivity contribution in [2.45, 2.75) is 46.5 Å². The maximum absolute atomic E-state index is 6.79. The first-order valence-electron chi connectivity index (χ1n) is 21.2. The number of nitrogens with zero attached hydrogens (tertiary/aromatic N) is 4. The molecule has 0 saturated carbocycles. The molecule has 1 radical (unpaired) electrons. The second-order valence-electron chi connectivity index (χ2n) is 16.3. The number of hydrogen-bond acceptors (Lipinski definition) is 5. The summed E-state index contributed by atoms with van der Waals surface area (Å²) >= 11 is 0. The molecule has 6 nitrogen and oxygen atoms in total. The molecule has 7 aromatic carbocycles. The molecule has 11 aromatic rings. The van der Waals surface area contributed by atoms with Crippen LogP contribution in [0, 0.1) is 19.1 Å². The van der Waals surface area contributed by atoms with E-state index < -0.39 is 0 Å². The second kappa shape index (κ2) is 17.4. The molecule has 0 aliphatic heterocycles. The number of hydrogen-bond donors (Lipinski definition) is 0. The zero-order valence-electron chi connectivity index (χ0n) is 35.7. The summed E-state index contributed by atoms with van der Waals surface area (Å²) in [6.07, 6.45) is 1.79. The van der Waals surface area contributed by atoms with Crippen molar-refractivity contribution in [1.82, 2.24) is 19.5 Å². The van der Waals surface area contributed by atoms with Gasteiger partial charge in [-0.1, -0.05) is 124 Å². The molecule has 0 unspecified atom stereocenters.